The van der Waals surface area contributed by atoms with Crippen LogP contribution in [0.5, 0.6) is 0 Å². The Balaban J connectivity index is 1.28. The van der Waals surface area contributed by atoms with E-state index in [9.17, 15) is 9.18 Å². The highest BCUT2D eigenvalue weighted by Crippen LogP contribution is 2.30. The lowest BCUT2D eigenvalue weighted by Gasteiger charge is -2.36. The van der Waals surface area contributed by atoms with Crippen molar-refractivity contribution >= 4 is 16.7 Å². The van der Waals surface area contributed by atoms with Crippen molar-refractivity contribution in [2.75, 3.05) is 26.2 Å². The number of fused-ring (bicyclic) bond motifs is 1. The van der Waals surface area contributed by atoms with Crippen LogP contribution in [0.15, 0.2) is 67.3 Å². The number of hydrogen-bond donors (Lipinski definition) is 0. The molecule has 1 amide bonds. The molecule has 4 aromatic rings. The normalized spacial score (nSPS) is 14.8. The Morgan fingerprint density at radius 1 is 0.941 bits per heavy atom. The molecular formula is C27H28FN5O. The van der Waals surface area contributed by atoms with Gasteiger partial charge in [0.05, 0.1) is 6.20 Å². The summed E-state index contributed by atoms with van der Waals surface area (Å²) in [7, 11) is 0. The van der Waals surface area contributed by atoms with Crippen molar-refractivity contribution in [1.82, 2.24) is 24.6 Å². The molecule has 0 bridgehead atoms. The zero-order chi connectivity index (χ0) is 23.7. The number of carbonyl (C=O) groups excluding carboxylic acids is 1. The summed E-state index contributed by atoms with van der Waals surface area (Å²) in [4.78, 5) is 21.3. The van der Waals surface area contributed by atoms with E-state index in [1.165, 1.54) is 12.1 Å². The van der Waals surface area contributed by atoms with Crippen LogP contribution in [0.2, 0.25) is 0 Å². The summed E-state index contributed by atoms with van der Waals surface area (Å²) in [6, 6.07) is 13.4. The minimum absolute atomic E-state index is 0.105. The van der Waals surface area contributed by atoms with Gasteiger partial charge in [0.2, 0.25) is 5.91 Å². The third-order valence-corrected chi connectivity index (χ3v) is 6.58. The van der Waals surface area contributed by atoms with Crippen LogP contribution in [0, 0.1) is 5.82 Å². The zero-order valence-corrected chi connectivity index (χ0v) is 19.5. The number of nitrogens with zero attached hydrogens (tertiary/aromatic N) is 5. The average molecular weight is 458 g/mol. The van der Waals surface area contributed by atoms with Crippen LogP contribution >= 0.6 is 0 Å². The topological polar surface area (TPSA) is 54.3 Å². The third-order valence-electron chi connectivity index (χ3n) is 6.58. The van der Waals surface area contributed by atoms with Gasteiger partial charge in [0.25, 0.3) is 0 Å². The van der Waals surface area contributed by atoms with Crippen molar-refractivity contribution in [3.8, 4) is 22.3 Å². The summed E-state index contributed by atoms with van der Waals surface area (Å²) in [6.45, 7) is 8.00. The van der Waals surface area contributed by atoms with Gasteiger partial charge in [-0.15, -0.1) is 0 Å². The number of carbonyl (C=O) groups is 1. The van der Waals surface area contributed by atoms with Gasteiger partial charge in [-0.2, -0.15) is 5.10 Å². The molecule has 1 saturated heterocycles. The lowest BCUT2D eigenvalue weighted by molar-refractivity contribution is -0.134. The second-order valence-corrected chi connectivity index (χ2v) is 9.07. The van der Waals surface area contributed by atoms with E-state index in [0.29, 0.717) is 6.04 Å². The average Bonchev–Trinajstić information content (AvgIpc) is 3.32. The highest BCUT2D eigenvalue weighted by atomic mass is 19.1. The molecule has 1 fully saturated rings. The summed E-state index contributed by atoms with van der Waals surface area (Å²) in [5, 5.41) is 6.15. The van der Waals surface area contributed by atoms with E-state index in [2.05, 4.69) is 28.8 Å². The van der Waals surface area contributed by atoms with E-state index in [1.54, 1.807) is 29.3 Å². The first kappa shape index (κ1) is 22.2. The fraction of sp³-hybridized carbons (Fsp3) is 0.296. The molecule has 0 spiro atoms. The first-order valence-electron chi connectivity index (χ1n) is 11.7. The van der Waals surface area contributed by atoms with Crippen molar-refractivity contribution in [3.05, 3.63) is 73.1 Å². The molecule has 0 saturated carbocycles. The second-order valence-electron chi connectivity index (χ2n) is 9.07. The monoisotopic (exact) mass is 457 g/mol. The van der Waals surface area contributed by atoms with Crippen LogP contribution in [0.1, 0.15) is 13.8 Å². The Hall–Kier alpha value is -3.58. The van der Waals surface area contributed by atoms with Crippen molar-refractivity contribution in [2.45, 2.75) is 26.4 Å². The highest BCUT2D eigenvalue weighted by Gasteiger charge is 2.22. The summed E-state index contributed by atoms with van der Waals surface area (Å²) in [5.74, 6) is -0.164. The molecule has 6 nitrogen and oxygen atoms in total. The van der Waals surface area contributed by atoms with Gasteiger partial charge in [-0.25, -0.2) is 4.39 Å². The third kappa shape index (κ3) is 4.56. The van der Waals surface area contributed by atoms with Crippen molar-refractivity contribution in [3.63, 3.8) is 0 Å². The van der Waals surface area contributed by atoms with Crippen LogP contribution < -0.4 is 0 Å². The molecule has 5 rings (SSSR count). The molecule has 0 N–H and O–H groups in total. The van der Waals surface area contributed by atoms with Gasteiger partial charge < -0.3 is 4.90 Å². The standard InChI is InChI=1S/C27H28FN5O/c1-19(2)31-9-11-32(12-10-31)27(34)18-33-17-23(15-30-33)20-3-5-21(6-4-20)26-16-29-14-22-13-24(28)7-8-25(22)26/h3-8,13-17,19H,9-12,18H2,1-2H3. The Morgan fingerprint density at radius 2 is 1.68 bits per heavy atom. The van der Waals surface area contributed by atoms with E-state index < -0.39 is 0 Å². The Bertz CT molecular complexity index is 1310. The largest absolute Gasteiger partial charge is 0.339 e. The van der Waals surface area contributed by atoms with Gasteiger partial charge in [-0.05, 0) is 42.5 Å². The zero-order valence-electron chi connectivity index (χ0n) is 19.5. The molecule has 7 heteroatoms. The molecular weight excluding hydrogens is 429 g/mol. The predicted octanol–water partition coefficient (Wildman–Crippen LogP) is 4.46. The minimum Gasteiger partial charge on any atom is -0.339 e. The number of piperazine rings is 1. The molecule has 174 valence electrons. The molecule has 0 radical (unpaired) electrons. The van der Waals surface area contributed by atoms with E-state index in [1.807, 2.05) is 35.4 Å². The molecule has 1 aliphatic rings. The lowest BCUT2D eigenvalue weighted by atomic mass is 9.99. The summed E-state index contributed by atoms with van der Waals surface area (Å²) >= 11 is 0. The van der Waals surface area contributed by atoms with Crippen LogP contribution in [0.3, 0.4) is 0 Å². The van der Waals surface area contributed by atoms with Gasteiger partial charge in [0.15, 0.2) is 0 Å². The van der Waals surface area contributed by atoms with Gasteiger partial charge in [-0.1, -0.05) is 30.3 Å². The summed E-state index contributed by atoms with van der Waals surface area (Å²) in [5.41, 5.74) is 3.95. The molecule has 34 heavy (non-hydrogen) atoms. The molecule has 0 atom stereocenters. The van der Waals surface area contributed by atoms with Crippen molar-refractivity contribution < 1.29 is 9.18 Å². The number of benzene rings is 2. The number of halogens is 1. The number of pyridine rings is 1. The first-order chi connectivity index (χ1) is 16.5. The van der Waals surface area contributed by atoms with Crippen LogP contribution in [-0.2, 0) is 11.3 Å². The smallest absolute Gasteiger partial charge is 0.244 e. The van der Waals surface area contributed by atoms with Gasteiger partial charge in [-0.3, -0.25) is 19.4 Å². The Morgan fingerprint density at radius 3 is 2.41 bits per heavy atom. The van der Waals surface area contributed by atoms with Crippen molar-refractivity contribution in [1.29, 1.82) is 0 Å². The maximum atomic E-state index is 13.6. The fourth-order valence-electron chi connectivity index (χ4n) is 4.55. The van der Waals surface area contributed by atoms with Gasteiger partial charge >= 0.3 is 0 Å². The van der Waals surface area contributed by atoms with Crippen LogP contribution in [-0.4, -0.2) is 62.7 Å². The van der Waals surface area contributed by atoms with E-state index in [-0.39, 0.29) is 18.3 Å². The van der Waals surface area contributed by atoms with Gasteiger partial charge in [0, 0.05) is 67.3 Å². The predicted molar refractivity (Wildman–Crippen MR) is 132 cm³/mol. The van der Waals surface area contributed by atoms with Crippen LogP contribution in [0.25, 0.3) is 33.0 Å². The maximum Gasteiger partial charge on any atom is 0.244 e. The second kappa shape index (κ2) is 9.35. The van der Waals surface area contributed by atoms with E-state index in [4.69, 9.17) is 0 Å². The van der Waals surface area contributed by atoms with Gasteiger partial charge in [0.1, 0.15) is 12.4 Å². The number of aromatic nitrogens is 3. The van der Waals surface area contributed by atoms with Crippen molar-refractivity contribution in [2.24, 2.45) is 0 Å². The summed E-state index contributed by atoms with van der Waals surface area (Å²) < 4.78 is 15.3. The molecule has 2 aromatic carbocycles. The highest BCUT2D eigenvalue weighted by molar-refractivity contribution is 5.96. The molecule has 2 aromatic heterocycles. The quantitative estimate of drug-likeness (QED) is 0.444. The minimum atomic E-state index is -0.268. The number of amides is 1. The van der Waals surface area contributed by atoms with E-state index >= 15 is 0 Å². The Kier molecular flexibility index (Phi) is 6.11. The molecule has 3 heterocycles. The Labute approximate surface area is 198 Å². The SMILES string of the molecule is CC(C)N1CCN(C(=O)Cn2cc(-c3ccc(-c4cncc5cc(F)ccc45)cc3)cn2)CC1. The van der Waals surface area contributed by atoms with Crippen LogP contribution in [0.4, 0.5) is 4.39 Å². The maximum absolute atomic E-state index is 13.6. The number of rotatable bonds is 5. The molecule has 0 unspecified atom stereocenters. The first-order valence-corrected chi connectivity index (χ1v) is 11.7. The molecule has 0 aliphatic carbocycles. The number of hydrogen-bond acceptors (Lipinski definition) is 4. The molecule has 1 aliphatic heterocycles. The fourth-order valence-corrected chi connectivity index (χ4v) is 4.55. The van der Waals surface area contributed by atoms with E-state index in [0.717, 1.165) is 59.2 Å². The lowest BCUT2D eigenvalue weighted by Crippen LogP contribution is -2.51. The summed E-state index contributed by atoms with van der Waals surface area (Å²) in [6.07, 6.45) is 7.19.